The van der Waals surface area contributed by atoms with E-state index >= 15 is 0 Å². The number of imide groups is 1. The van der Waals surface area contributed by atoms with Crippen molar-refractivity contribution >= 4 is 40.2 Å². The van der Waals surface area contributed by atoms with Gasteiger partial charge < -0.3 is 4.42 Å². The Morgan fingerprint density at radius 1 is 1.06 bits per heavy atom. The highest BCUT2D eigenvalue weighted by atomic mass is 32.2. The molecule has 2 amide bonds. The van der Waals surface area contributed by atoms with Crippen LogP contribution >= 0.6 is 11.8 Å². The largest absolute Gasteiger partial charge is 0.454 e. The zero-order valence-electron chi connectivity index (χ0n) is 16.9. The molecule has 1 fully saturated rings. The molecule has 154 valence electrons. The maximum absolute atomic E-state index is 13.1. The van der Waals surface area contributed by atoms with Crippen LogP contribution in [0.5, 0.6) is 0 Å². The molecule has 0 radical (unpaired) electrons. The molecule has 0 aliphatic carbocycles. The number of aromatic nitrogens is 3. The Morgan fingerprint density at radius 2 is 1.84 bits per heavy atom. The van der Waals surface area contributed by atoms with Crippen molar-refractivity contribution < 1.29 is 14.0 Å². The van der Waals surface area contributed by atoms with E-state index in [2.05, 4.69) is 15.2 Å². The van der Waals surface area contributed by atoms with Crippen molar-refractivity contribution in [3.05, 3.63) is 65.9 Å². The van der Waals surface area contributed by atoms with Crippen LogP contribution in [0.1, 0.15) is 17.5 Å². The molecule has 0 saturated carbocycles. The van der Waals surface area contributed by atoms with Gasteiger partial charge in [-0.15, -0.1) is 5.10 Å². The number of para-hydroxylation sites is 2. The molecule has 2 aromatic carbocycles. The lowest BCUT2D eigenvalue weighted by Crippen LogP contribution is -2.32. The molecular formula is C23H18N4O3S. The molecule has 2 aromatic heterocycles. The molecule has 1 aliphatic rings. The Labute approximate surface area is 182 Å². The van der Waals surface area contributed by atoms with Gasteiger partial charge in [0.15, 0.2) is 5.76 Å². The van der Waals surface area contributed by atoms with Crippen LogP contribution in [-0.4, -0.2) is 32.2 Å². The van der Waals surface area contributed by atoms with Crippen LogP contribution in [0.25, 0.3) is 22.4 Å². The van der Waals surface area contributed by atoms with E-state index < -0.39 is 5.25 Å². The third-order valence-corrected chi connectivity index (χ3v) is 6.27. The van der Waals surface area contributed by atoms with Gasteiger partial charge in [-0.3, -0.25) is 9.59 Å². The molecule has 1 atom stereocenters. The monoisotopic (exact) mass is 430 g/mol. The zero-order valence-corrected chi connectivity index (χ0v) is 17.7. The first-order chi connectivity index (χ1) is 15.0. The molecule has 31 heavy (non-hydrogen) atoms. The van der Waals surface area contributed by atoms with Gasteiger partial charge in [0.05, 0.1) is 11.9 Å². The first-order valence-corrected chi connectivity index (χ1v) is 10.7. The summed E-state index contributed by atoms with van der Waals surface area (Å²) in [4.78, 5) is 31.6. The van der Waals surface area contributed by atoms with Crippen molar-refractivity contribution in [1.82, 2.24) is 15.2 Å². The Morgan fingerprint density at radius 3 is 2.61 bits per heavy atom. The number of furan rings is 1. The van der Waals surface area contributed by atoms with Crippen LogP contribution in [0.15, 0.2) is 64.3 Å². The third-order valence-electron chi connectivity index (χ3n) is 5.23. The molecule has 1 saturated heterocycles. The van der Waals surface area contributed by atoms with Crippen LogP contribution < -0.4 is 4.90 Å². The van der Waals surface area contributed by atoms with Crippen molar-refractivity contribution in [3.63, 3.8) is 0 Å². The van der Waals surface area contributed by atoms with Gasteiger partial charge in [-0.05, 0) is 37.1 Å². The summed E-state index contributed by atoms with van der Waals surface area (Å²) in [6.07, 6.45) is 1.61. The Bertz CT molecular complexity index is 1280. The van der Waals surface area contributed by atoms with Gasteiger partial charge in [-0.25, -0.2) is 9.88 Å². The van der Waals surface area contributed by atoms with E-state index in [-0.39, 0.29) is 18.2 Å². The lowest BCUT2D eigenvalue weighted by molar-refractivity contribution is -0.121. The van der Waals surface area contributed by atoms with E-state index in [9.17, 15) is 9.59 Å². The number of rotatable bonds is 4. The lowest BCUT2D eigenvalue weighted by Gasteiger charge is -2.19. The van der Waals surface area contributed by atoms with E-state index in [0.717, 1.165) is 33.9 Å². The average Bonchev–Trinajstić information content (AvgIpc) is 3.30. The normalized spacial score (nSPS) is 16.5. The van der Waals surface area contributed by atoms with Gasteiger partial charge in [0.1, 0.15) is 16.5 Å². The van der Waals surface area contributed by atoms with Crippen LogP contribution in [-0.2, 0) is 9.59 Å². The quantitative estimate of drug-likeness (QED) is 0.445. The number of nitrogens with zero attached hydrogens (tertiary/aromatic N) is 4. The lowest BCUT2D eigenvalue weighted by atomic mass is 10.1. The number of hydrogen-bond acceptors (Lipinski definition) is 7. The molecule has 1 aliphatic heterocycles. The minimum atomic E-state index is -0.598. The van der Waals surface area contributed by atoms with Gasteiger partial charge in [0.2, 0.25) is 17.0 Å². The number of carbonyl (C=O) groups excluding carboxylic acids is 2. The Balaban J connectivity index is 1.41. The van der Waals surface area contributed by atoms with Gasteiger partial charge in [-0.2, -0.15) is 5.10 Å². The van der Waals surface area contributed by atoms with Crippen LogP contribution in [0, 0.1) is 13.8 Å². The van der Waals surface area contributed by atoms with E-state index in [1.165, 1.54) is 11.1 Å². The number of benzene rings is 2. The second-order valence-corrected chi connectivity index (χ2v) is 8.56. The van der Waals surface area contributed by atoms with Crippen molar-refractivity contribution in [2.75, 3.05) is 4.90 Å². The van der Waals surface area contributed by atoms with E-state index in [1.54, 1.807) is 0 Å². The third kappa shape index (κ3) is 3.48. The van der Waals surface area contributed by atoms with Crippen LogP contribution in [0.4, 0.5) is 5.69 Å². The Kier molecular flexibility index (Phi) is 4.78. The van der Waals surface area contributed by atoms with Gasteiger partial charge in [-0.1, -0.05) is 48.2 Å². The highest BCUT2D eigenvalue weighted by molar-refractivity contribution is 8.00. The van der Waals surface area contributed by atoms with Gasteiger partial charge >= 0.3 is 0 Å². The fraction of sp³-hybridized carbons (Fsp3) is 0.174. The second-order valence-electron chi connectivity index (χ2n) is 7.39. The molecule has 0 N–H and O–H groups in total. The van der Waals surface area contributed by atoms with Crippen molar-refractivity contribution in [2.45, 2.75) is 30.7 Å². The summed E-state index contributed by atoms with van der Waals surface area (Å²) in [5.41, 5.74) is 3.72. The smallest absolute Gasteiger partial charge is 0.247 e. The second kappa shape index (κ2) is 7.63. The molecule has 8 heteroatoms. The number of anilines is 1. The number of fused-ring (bicyclic) bond motifs is 1. The highest BCUT2D eigenvalue weighted by Crippen LogP contribution is 2.36. The van der Waals surface area contributed by atoms with Crippen LogP contribution in [0.3, 0.4) is 0 Å². The summed E-state index contributed by atoms with van der Waals surface area (Å²) in [5.74, 6) is 0.0929. The Hall–Kier alpha value is -3.52. The number of aryl methyl sites for hydroxylation is 2. The fourth-order valence-electron chi connectivity index (χ4n) is 3.78. The van der Waals surface area contributed by atoms with E-state index in [4.69, 9.17) is 4.42 Å². The number of hydrogen-bond donors (Lipinski definition) is 0. The molecule has 0 spiro atoms. The summed E-state index contributed by atoms with van der Waals surface area (Å²) in [7, 11) is 0. The molecule has 0 bridgehead atoms. The zero-order chi connectivity index (χ0) is 21.5. The molecule has 4 aromatic rings. The maximum atomic E-state index is 13.1. The SMILES string of the molecule is Cc1cccc(C)c1N1C(=O)CC(Sc2nncc(-c3cc4ccccc4o3)n2)C1=O. The number of carbonyl (C=O) groups is 2. The standard InChI is InChI=1S/C23H18N4O3S/c1-13-6-5-7-14(2)21(13)27-20(28)11-19(22(27)29)31-23-25-16(12-24-26-23)18-10-15-8-3-4-9-17(15)30-18/h3-10,12,19H,11H2,1-2H3. The predicted octanol–water partition coefficient (Wildman–Crippen LogP) is 4.33. The fourth-order valence-corrected chi connectivity index (χ4v) is 4.71. The van der Waals surface area contributed by atoms with Crippen molar-refractivity contribution in [2.24, 2.45) is 0 Å². The minimum Gasteiger partial charge on any atom is -0.454 e. The summed E-state index contributed by atoms with van der Waals surface area (Å²) < 4.78 is 5.85. The maximum Gasteiger partial charge on any atom is 0.247 e. The van der Waals surface area contributed by atoms with Crippen molar-refractivity contribution in [1.29, 1.82) is 0 Å². The topological polar surface area (TPSA) is 89.2 Å². The van der Waals surface area contributed by atoms with Gasteiger partial charge in [0, 0.05) is 11.8 Å². The molecular weight excluding hydrogens is 412 g/mol. The minimum absolute atomic E-state index is 0.0928. The predicted molar refractivity (Wildman–Crippen MR) is 118 cm³/mol. The number of amides is 2. The average molecular weight is 430 g/mol. The van der Waals surface area contributed by atoms with E-state index in [0.29, 0.717) is 22.3 Å². The first kappa shape index (κ1) is 19.4. The number of thioether (sulfide) groups is 1. The molecule has 7 nitrogen and oxygen atoms in total. The van der Waals surface area contributed by atoms with Crippen molar-refractivity contribution in [3.8, 4) is 11.5 Å². The molecule has 1 unspecified atom stereocenters. The highest BCUT2D eigenvalue weighted by Gasteiger charge is 2.41. The summed E-state index contributed by atoms with van der Waals surface area (Å²) in [6.45, 7) is 3.79. The van der Waals surface area contributed by atoms with E-state index in [1.807, 2.05) is 62.4 Å². The van der Waals surface area contributed by atoms with Crippen LogP contribution in [0.2, 0.25) is 0 Å². The molecule has 3 heterocycles. The first-order valence-electron chi connectivity index (χ1n) is 9.79. The van der Waals surface area contributed by atoms with Gasteiger partial charge in [0.25, 0.3) is 0 Å². The summed E-state index contributed by atoms with van der Waals surface area (Å²) >= 11 is 1.15. The summed E-state index contributed by atoms with van der Waals surface area (Å²) in [6, 6.07) is 15.3. The summed E-state index contributed by atoms with van der Waals surface area (Å²) in [5, 5.41) is 8.76. The molecule has 5 rings (SSSR count).